The number of esters is 1. The van der Waals surface area contributed by atoms with Crippen molar-refractivity contribution in [2.75, 3.05) is 13.2 Å². The van der Waals surface area contributed by atoms with Gasteiger partial charge in [0.05, 0.1) is 0 Å². The lowest BCUT2D eigenvalue weighted by Gasteiger charge is -2.17. The molecule has 4 heteroatoms. The molecule has 2 aromatic carbocycles. The van der Waals surface area contributed by atoms with E-state index in [0.29, 0.717) is 6.61 Å². The number of ether oxygens (including phenoxy) is 3. The Kier molecular flexibility index (Phi) is 14.2. The van der Waals surface area contributed by atoms with Crippen LogP contribution in [-0.4, -0.2) is 31.4 Å². The van der Waals surface area contributed by atoms with Crippen molar-refractivity contribution >= 4 is 5.97 Å². The molecule has 0 spiro atoms. The molecule has 194 valence electrons. The molecule has 0 bridgehead atoms. The molecule has 0 amide bonds. The first kappa shape index (κ1) is 28.9. The first-order chi connectivity index (χ1) is 17.0. The fourth-order valence-corrected chi connectivity index (χ4v) is 3.96. The Balaban J connectivity index is 1.71. The second kappa shape index (κ2) is 17.2. The number of hydrogen-bond donors (Lipinski definition) is 0. The van der Waals surface area contributed by atoms with Gasteiger partial charge < -0.3 is 14.2 Å². The standard InChI is InChI=1S/C31H46O4/c1-5-7-9-11-12-14-27-15-17-28(18-16-27)29-19-21-30(22-20-29)35-25(3)24-34-31(32)26(4)33-23-13-10-8-6-2/h15-22,25-26H,5-14,23-24H2,1-4H3. The van der Waals surface area contributed by atoms with E-state index in [-0.39, 0.29) is 18.7 Å². The smallest absolute Gasteiger partial charge is 0.335 e. The lowest BCUT2D eigenvalue weighted by Crippen LogP contribution is -2.28. The molecule has 0 fully saturated rings. The maximum absolute atomic E-state index is 12.1. The highest BCUT2D eigenvalue weighted by Crippen LogP contribution is 2.24. The van der Waals surface area contributed by atoms with E-state index in [4.69, 9.17) is 14.2 Å². The summed E-state index contributed by atoms with van der Waals surface area (Å²) in [6.45, 7) is 8.86. The molecular formula is C31H46O4. The van der Waals surface area contributed by atoms with Crippen LogP contribution in [-0.2, 0) is 20.7 Å². The van der Waals surface area contributed by atoms with Gasteiger partial charge in [0.25, 0.3) is 0 Å². The number of carbonyl (C=O) groups excluding carboxylic acids is 1. The molecule has 4 nitrogen and oxygen atoms in total. The zero-order valence-corrected chi connectivity index (χ0v) is 22.4. The van der Waals surface area contributed by atoms with Crippen LogP contribution >= 0.6 is 0 Å². The van der Waals surface area contributed by atoms with Gasteiger partial charge in [-0.25, -0.2) is 4.79 Å². The second-order valence-corrected chi connectivity index (χ2v) is 9.52. The maximum atomic E-state index is 12.1. The second-order valence-electron chi connectivity index (χ2n) is 9.52. The van der Waals surface area contributed by atoms with Crippen LogP contribution in [0.2, 0.25) is 0 Å². The Hall–Kier alpha value is -2.33. The molecule has 0 heterocycles. The van der Waals surface area contributed by atoms with Crippen molar-refractivity contribution in [3.8, 4) is 16.9 Å². The molecule has 0 aliphatic rings. The van der Waals surface area contributed by atoms with Crippen molar-refractivity contribution in [2.24, 2.45) is 0 Å². The summed E-state index contributed by atoms with van der Waals surface area (Å²) in [5.74, 6) is 0.428. The zero-order chi connectivity index (χ0) is 25.3. The number of carbonyl (C=O) groups is 1. The summed E-state index contributed by atoms with van der Waals surface area (Å²) >= 11 is 0. The lowest BCUT2D eigenvalue weighted by atomic mass is 10.0. The minimum atomic E-state index is -0.546. The maximum Gasteiger partial charge on any atom is 0.335 e. The fraction of sp³-hybridized carbons (Fsp3) is 0.581. The van der Waals surface area contributed by atoms with E-state index >= 15 is 0 Å². The van der Waals surface area contributed by atoms with Gasteiger partial charge in [-0.15, -0.1) is 0 Å². The molecule has 0 radical (unpaired) electrons. The summed E-state index contributed by atoms with van der Waals surface area (Å²) in [5.41, 5.74) is 3.78. The minimum Gasteiger partial charge on any atom is -0.487 e. The van der Waals surface area contributed by atoms with Crippen LogP contribution in [0.1, 0.15) is 91.0 Å². The third kappa shape index (κ3) is 11.8. The van der Waals surface area contributed by atoms with Gasteiger partial charge in [0.15, 0.2) is 6.10 Å². The highest BCUT2D eigenvalue weighted by Gasteiger charge is 2.16. The summed E-state index contributed by atoms with van der Waals surface area (Å²) < 4.78 is 16.9. The summed E-state index contributed by atoms with van der Waals surface area (Å²) in [7, 11) is 0. The molecule has 2 rings (SSSR count). The van der Waals surface area contributed by atoms with Gasteiger partial charge in [-0.05, 0) is 61.9 Å². The molecule has 0 aliphatic carbocycles. The van der Waals surface area contributed by atoms with Crippen molar-refractivity contribution in [3.63, 3.8) is 0 Å². The topological polar surface area (TPSA) is 44.8 Å². The molecular weight excluding hydrogens is 436 g/mol. The minimum absolute atomic E-state index is 0.198. The molecule has 35 heavy (non-hydrogen) atoms. The first-order valence-corrected chi connectivity index (χ1v) is 13.7. The Morgan fingerprint density at radius 3 is 1.94 bits per heavy atom. The van der Waals surface area contributed by atoms with Gasteiger partial charge in [0.1, 0.15) is 18.5 Å². The largest absolute Gasteiger partial charge is 0.487 e. The van der Waals surface area contributed by atoms with Gasteiger partial charge in [0.2, 0.25) is 0 Å². The van der Waals surface area contributed by atoms with Gasteiger partial charge in [-0.2, -0.15) is 0 Å². The predicted molar refractivity (Wildman–Crippen MR) is 145 cm³/mol. The SMILES string of the molecule is CCCCCCCc1ccc(-c2ccc(OC(C)COC(=O)C(C)OCCCCCC)cc2)cc1. The summed E-state index contributed by atoms with van der Waals surface area (Å²) in [6.07, 6.45) is 11.4. The summed E-state index contributed by atoms with van der Waals surface area (Å²) in [6, 6.07) is 17.0. The third-order valence-electron chi connectivity index (χ3n) is 6.21. The van der Waals surface area contributed by atoms with Gasteiger partial charge >= 0.3 is 5.97 Å². The van der Waals surface area contributed by atoms with E-state index < -0.39 is 6.10 Å². The summed E-state index contributed by atoms with van der Waals surface area (Å²) in [4.78, 5) is 12.1. The molecule has 0 aromatic heterocycles. The van der Waals surface area contributed by atoms with E-state index in [0.717, 1.165) is 30.6 Å². The highest BCUT2D eigenvalue weighted by atomic mass is 16.6. The van der Waals surface area contributed by atoms with Crippen LogP contribution in [0.3, 0.4) is 0 Å². The number of benzene rings is 2. The van der Waals surface area contributed by atoms with Crippen molar-refractivity contribution in [1.82, 2.24) is 0 Å². The van der Waals surface area contributed by atoms with Crippen molar-refractivity contribution < 1.29 is 19.0 Å². The average Bonchev–Trinajstić information content (AvgIpc) is 2.88. The van der Waals surface area contributed by atoms with Crippen LogP contribution < -0.4 is 4.74 Å². The van der Waals surface area contributed by atoms with Crippen LogP contribution in [0, 0.1) is 0 Å². The van der Waals surface area contributed by atoms with Crippen LogP contribution in [0.4, 0.5) is 0 Å². The van der Waals surface area contributed by atoms with Crippen LogP contribution in [0.25, 0.3) is 11.1 Å². The van der Waals surface area contributed by atoms with Gasteiger partial charge in [0, 0.05) is 6.61 Å². The normalized spacial score (nSPS) is 12.8. The van der Waals surface area contributed by atoms with E-state index in [9.17, 15) is 4.79 Å². The number of aryl methyl sites for hydroxylation is 1. The van der Waals surface area contributed by atoms with Gasteiger partial charge in [-0.3, -0.25) is 0 Å². The van der Waals surface area contributed by atoms with Crippen LogP contribution in [0.5, 0.6) is 5.75 Å². The van der Waals surface area contributed by atoms with Crippen LogP contribution in [0.15, 0.2) is 48.5 Å². The number of rotatable bonds is 18. The third-order valence-corrected chi connectivity index (χ3v) is 6.21. The predicted octanol–water partition coefficient (Wildman–Crippen LogP) is 8.16. The zero-order valence-electron chi connectivity index (χ0n) is 22.4. The average molecular weight is 483 g/mol. The molecule has 0 saturated heterocycles. The quantitative estimate of drug-likeness (QED) is 0.159. The van der Waals surface area contributed by atoms with Crippen molar-refractivity contribution in [2.45, 2.75) is 104 Å². The molecule has 2 unspecified atom stereocenters. The molecule has 2 atom stereocenters. The first-order valence-electron chi connectivity index (χ1n) is 13.7. The Morgan fingerprint density at radius 2 is 1.31 bits per heavy atom. The lowest BCUT2D eigenvalue weighted by molar-refractivity contribution is -0.158. The Morgan fingerprint density at radius 1 is 0.743 bits per heavy atom. The monoisotopic (exact) mass is 482 g/mol. The molecule has 0 saturated carbocycles. The molecule has 0 aliphatic heterocycles. The molecule has 2 aromatic rings. The van der Waals surface area contributed by atoms with E-state index in [2.05, 4.69) is 50.2 Å². The number of unbranched alkanes of at least 4 members (excludes halogenated alkanes) is 7. The van der Waals surface area contributed by atoms with E-state index in [1.54, 1.807) is 6.92 Å². The van der Waals surface area contributed by atoms with Crippen molar-refractivity contribution in [1.29, 1.82) is 0 Å². The Bertz CT molecular complexity index is 813. The molecule has 0 N–H and O–H groups in total. The van der Waals surface area contributed by atoms with E-state index in [1.807, 2.05) is 19.1 Å². The summed E-state index contributed by atoms with van der Waals surface area (Å²) in [5, 5.41) is 0. The highest BCUT2D eigenvalue weighted by molar-refractivity contribution is 5.74. The van der Waals surface area contributed by atoms with E-state index in [1.165, 1.54) is 56.1 Å². The fourth-order valence-electron chi connectivity index (χ4n) is 3.96. The van der Waals surface area contributed by atoms with Gasteiger partial charge in [-0.1, -0.05) is 95.2 Å². The Labute approximate surface area is 213 Å². The van der Waals surface area contributed by atoms with Crippen molar-refractivity contribution in [3.05, 3.63) is 54.1 Å². The number of hydrogen-bond acceptors (Lipinski definition) is 4.